The molecule has 3 aromatic rings. The van der Waals surface area contributed by atoms with Gasteiger partial charge in [-0.15, -0.1) is 0 Å². The summed E-state index contributed by atoms with van der Waals surface area (Å²) in [6, 6.07) is 15.2. The van der Waals surface area contributed by atoms with Crippen LogP contribution in [0.4, 0.5) is 0 Å². The molecule has 4 rings (SSSR count). The van der Waals surface area contributed by atoms with E-state index >= 15 is 0 Å². The number of carbonyl (C=O) groups excluding carboxylic acids is 3. The molecule has 176 valence electrons. The Labute approximate surface area is 198 Å². The molecule has 0 radical (unpaired) electrons. The molecule has 0 atom stereocenters. The van der Waals surface area contributed by atoms with Crippen LogP contribution in [0.5, 0.6) is 0 Å². The monoisotopic (exact) mass is 460 g/mol. The van der Waals surface area contributed by atoms with E-state index in [0.29, 0.717) is 48.1 Å². The number of piperidine rings is 1. The summed E-state index contributed by atoms with van der Waals surface area (Å²) >= 11 is 0. The molecule has 2 heterocycles. The number of hydrogen-bond donors (Lipinski definition) is 0. The number of likely N-dealkylation sites (tertiary alicyclic amines) is 1. The molecule has 0 N–H and O–H groups in total. The number of esters is 2. The van der Waals surface area contributed by atoms with Gasteiger partial charge in [-0.2, -0.15) is 0 Å². The summed E-state index contributed by atoms with van der Waals surface area (Å²) in [5.74, 6) is -1.28. The van der Waals surface area contributed by atoms with Crippen LogP contribution >= 0.6 is 0 Å². The Hall–Kier alpha value is -3.74. The number of ether oxygens (including phenoxy) is 2. The summed E-state index contributed by atoms with van der Waals surface area (Å²) in [6.45, 7) is 4.56. The van der Waals surface area contributed by atoms with Gasteiger partial charge < -0.3 is 14.4 Å². The first-order valence-corrected chi connectivity index (χ1v) is 11.4. The molecule has 0 unspecified atom stereocenters. The van der Waals surface area contributed by atoms with Gasteiger partial charge in [0.15, 0.2) is 6.61 Å². The Bertz CT molecular complexity index is 1240. The van der Waals surface area contributed by atoms with Crippen molar-refractivity contribution < 1.29 is 23.9 Å². The van der Waals surface area contributed by atoms with Crippen LogP contribution in [0.3, 0.4) is 0 Å². The second kappa shape index (κ2) is 10.0. The van der Waals surface area contributed by atoms with Gasteiger partial charge in [-0.3, -0.25) is 9.59 Å². The molecule has 34 heavy (non-hydrogen) atoms. The van der Waals surface area contributed by atoms with E-state index in [1.165, 1.54) is 7.11 Å². The first-order valence-electron chi connectivity index (χ1n) is 11.4. The Morgan fingerprint density at radius 1 is 1.03 bits per heavy atom. The maximum absolute atomic E-state index is 13.1. The fraction of sp³-hybridized carbons (Fsp3) is 0.333. The molecule has 2 aromatic carbocycles. The van der Waals surface area contributed by atoms with Crippen LogP contribution in [-0.4, -0.2) is 54.5 Å². The van der Waals surface area contributed by atoms with Gasteiger partial charge in [-0.1, -0.05) is 42.0 Å². The standard InChI is InChI=1S/C27H28N2O5/c1-17-8-9-20(18(2)14-17)24-15-22(21-6-4-5-7-23(21)28-24)27(32)34-16-25(30)29-12-10-19(11-13-29)26(31)33-3/h4-9,14-15,19H,10-13,16H2,1-3H3. The number of pyridine rings is 1. The first kappa shape index (κ1) is 23.4. The molecule has 0 saturated carbocycles. The number of benzene rings is 2. The number of fused-ring (bicyclic) bond motifs is 1. The molecule has 1 aromatic heterocycles. The molecule has 7 heteroatoms. The molecule has 1 aliphatic rings. The smallest absolute Gasteiger partial charge is 0.339 e. The summed E-state index contributed by atoms with van der Waals surface area (Å²) in [5.41, 5.74) is 4.89. The zero-order valence-corrected chi connectivity index (χ0v) is 19.7. The highest BCUT2D eigenvalue weighted by Crippen LogP contribution is 2.28. The maximum Gasteiger partial charge on any atom is 0.339 e. The van der Waals surface area contributed by atoms with Crippen LogP contribution in [0.2, 0.25) is 0 Å². The van der Waals surface area contributed by atoms with Crippen molar-refractivity contribution in [2.75, 3.05) is 26.8 Å². The molecular weight excluding hydrogens is 432 g/mol. The molecule has 1 aliphatic heterocycles. The zero-order chi connectivity index (χ0) is 24.2. The SMILES string of the molecule is COC(=O)C1CCN(C(=O)COC(=O)c2cc(-c3ccc(C)cc3C)nc3ccccc23)CC1. The van der Waals surface area contributed by atoms with Crippen molar-refractivity contribution in [2.24, 2.45) is 5.92 Å². The van der Waals surface area contributed by atoms with Gasteiger partial charge in [0, 0.05) is 24.0 Å². The van der Waals surface area contributed by atoms with Crippen LogP contribution in [0.1, 0.15) is 34.3 Å². The second-order valence-electron chi connectivity index (χ2n) is 8.64. The summed E-state index contributed by atoms with van der Waals surface area (Å²) in [7, 11) is 1.37. The summed E-state index contributed by atoms with van der Waals surface area (Å²) in [5, 5.41) is 0.673. The Morgan fingerprint density at radius 3 is 2.47 bits per heavy atom. The third kappa shape index (κ3) is 4.93. The Balaban J connectivity index is 1.51. The van der Waals surface area contributed by atoms with Crippen LogP contribution in [0, 0.1) is 19.8 Å². The first-order chi connectivity index (χ1) is 16.4. The zero-order valence-electron chi connectivity index (χ0n) is 19.7. The maximum atomic E-state index is 13.1. The van der Waals surface area contributed by atoms with Gasteiger partial charge in [0.2, 0.25) is 0 Å². The van der Waals surface area contributed by atoms with Crippen LogP contribution < -0.4 is 0 Å². The third-order valence-corrected chi connectivity index (χ3v) is 6.30. The minimum Gasteiger partial charge on any atom is -0.469 e. The Morgan fingerprint density at radius 2 is 1.76 bits per heavy atom. The molecular formula is C27H28N2O5. The highest BCUT2D eigenvalue weighted by Gasteiger charge is 2.28. The number of carbonyl (C=O) groups is 3. The van der Waals surface area contributed by atoms with Crippen molar-refractivity contribution in [3.05, 3.63) is 65.2 Å². The minimum absolute atomic E-state index is 0.191. The molecule has 1 fully saturated rings. The van der Waals surface area contributed by atoms with E-state index in [9.17, 15) is 14.4 Å². The lowest BCUT2D eigenvalue weighted by molar-refractivity contribution is -0.149. The van der Waals surface area contributed by atoms with E-state index in [1.807, 2.05) is 50.2 Å². The number of aromatic nitrogens is 1. The number of rotatable bonds is 5. The number of aryl methyl sites for hydroxylation is 2. The highest BCUT2D eigenvalue weighted by atomic mass is 16.5. The van der Waals surface area contributed by atoms with Crippen LogP contribution in [-0.2, 0) is 19.1 Å². The van der Waals surface area contributed by atoms with Crippen molar-refractivity contribution in [3.63, 3.8) is 0 Å². The van der Waals surface area contributed by atoms with E-state index in [-0.39, 0.29) is 24.4 Å². The summed E-state index contributed by atoms with van der Waals surface area (Å²) in [6.07, 6.45) is 1.08. The molecule has 1 saturated heterocycles. The molecule has 0 aliphatic carbocycles. The van der Waals surface area contributed by atoms with E-state index in [2.05, 4.69) is 6.07 Å². The minimum atomic E-state index is -0.567. The lowest BCUT2D eigenvalue weighted by atomic mass is 9.97. The number of nitrogens with zero attached hydrogens (tertiary/aromatic N) is 2. The van der Waals surface area contributed by atoms with Gasteiger partial charge in [0.05, 0.1) is 29.8 Å². The van der Waals surface area contributed by atoms with Crippen molar-refractivity contribution in [2.45, 2.75) is 26.7 Å². The van der Waals surface area contributed by atoms with E-state index in [4.69, 9.17) is 14.5 Å². The average Bonchev–Trinajstić information content (AvgIpc) is 2.86. The molecule has 0 spiro atoms. The highest BCUT2D eigenvalue weighted by molar-refractivity contribution is 6.05. The molecule has 1 amide bonds. The van der Waals surface area contributed by atoms with Crippen LogP contribution in [0.15, 0.2) is 48.5 Å². The second-order valence-corrected chi connectivity index (χ2v) is 8.64. The van der Waals surface area contributed by atoms with E-state index < -0.39 is 5.97 Å². The van der Waals surface area contributed by atoms with Gasteiger partial charge in [0.25, 0.3) is 5.91 Å². The van der Waals surface area contributed by atoms with Gasteiger partial charge in [-0.25, -0.2) is 9.78 Å². The van der Waals surface area contributed by atoms with Crippen molar-refractivity contribution in [3.8, 4) is 11.3 Å². The lowest BCUT2D eigenvalue weighted by Crippen LogP contribution is -2.42. The quantitative estimate of drug-likeness (QED) is 0.533. The van der Waals surface area contributed by atoms with E-state index in [1.54, 1.807) is 11.0 Å². The average molecular weight is 461 g/mol. The van der Waals surface area contributed by atoms with Gasteiger partial charge in [0.1, 0.15) is 0 Å². The topological polar surface area (TPSA) is 85.8 Å². The molecule has 7 nitrogen and oxygen atoms in total. The van der Waals surface area contributed by atoms with Gasteiger partial charge >= 0.3 is 11.9 Å². The third-order valence-electron chi connectivity index (χ3n) is 6.30. The number of para-hydroxylation sites is 1. The Kier molecular flexibility index (Phi) is 6.91. The predicted octanol–water partition coefficient (Wildman–Crippen LogP) is 4.09. The molecule has 0 bridgehead atoms. The van der Waals surface area contributed by atoms with E-state index in [0.717, 1.165) is 16.7 Å². The van der Waals surface area contributed by atoms with Crippen molar-refractivity contribution in [1.82, 2.24) is 9.88 Å². The lowest BCUT2D eigenvalue weighted by Gasteiger charge is -2.30. The fourth-order valence-electron chi connectivity index (χ4n) is 4.41. The normalized spacial score (nSPS) is 14.1. The number of hydrogen-bond acceptors (Lipinski definition) is 6. The van der Waals surface area contributed by atoms with Crippen molar-refractivity contribution >= 4 is 28.7 Å². The predicted molar refractivity (Wildman–Crippen MR) is 128 cm³/mol. The fourth-order valence-corrected chi connectivity index (χ4v) is 4.41. The number of amides is 1. The van der Waals surface area contributed by atoms with Crippen LogP contribution in [0.25, 0.3) is 22.2 Å². The largest absolute Gasteiger partial charge is 0.469 e. The summed E-state index contributed by atoms with van der Waals surface area (Å²) in [4.78, 5) is 43.8. The van der Waals surface area contributed by atoms with Gasteiger partial charge in [-0.05, 0) is 44.4 Å². The number of methoxy groups -OCH3 is 1. The van der Waals surface area contributed by atoms with Crippen molar-refractivity contribution in [1.29, 1.82) is 0 Å². The summed E-state index contributed by atoms with van der Waals surface area (Å²) < 4.78 is 10.2.